The molecule has 0 bridgehead atoms. The van der Waals surface area contributed by atoms with Crippen molar-refractivity contribution in [3.8, 4) is 0 Å². The summed E-state index contributed by atoms with van der Waals surface area (Å²) in [5.74, 6) is -1.57. The highest BCUT2D eigenvalue weighted by Crippen LogP contribution is 2.24. The smallest absolute Gasteiger partial charge is 0.354 e. The van der Waals surface area contributed by atoms with Gasteiger partial charge in [0.2, 0.25) is 0 Å². The molecule has 0 saturated heterocycles. The van der Waals surface area contributed by atoms with Gasteiger partial charge in [0.1, 0.15) is 12.2 Å². The fraction of sp³-hybridized carbons (Fsp3) is 0.231. The highest BCUT2D eigenvalue weighted by atomic mass is 35.5. The minimum absolute atomic E-state index is 0.210. The monoisotopic (exact) mass is 281 g/mol. The Kier molecular flexibility index (Phi) is 3.76. The Morgan fingerprint density at radius 3 is 2.74 bits per heavy atom. The maximum atomic E-state index is 11.8. The van der Waals surface area contributed by atoms with Crippen molar-refractivity contribution in [3.63, 3.8) is 0 Å². The fourth-order valence-electron chi connectivity index (χ4n) is 1.92. The van der Waals surface area contributed by atoms with Crippen molar-refractivity contribution in [2.45, 2.75) is 13.5 Å². The van der Waals surface area contributed by atoms with Gasteiger partial charge in [0, 0.05) is 15.9 Å². The molecular weight excluding hydrogens is 270 g/mol. The van der Waals surface area contributed by atoms with E-state index in [0.29, 0.717) is 15.9 Å². The number of rotatable bonds is 4. The first kappa shape index (κ1) is 13.4. The van der Waals surface area contributed by atoms with E-state index in [1.165, 1.54) is 4.57 Å². The van der Waals surface area contributed by atoms with Gasteiger partial charge in [-0.2, -0.15) is 0 Å². The van der Waals surface area contributed by atoms with E-state index in [1.807, 2.05) is 0 Å². The first-order chi connectivity index (χ1) is 9.02. The second-order valence-corrected chi connectivity index (χ2v) is 4.37. The molecule has 0 saturated carbocycles. The number of carbonyl (C=O) groups is 2. The van der Waals surface area contributed by atoms with Crippen LogP contribution in [0.5, 0.6) is 0 Å². The van der Waals surface area contributed by atoms with Crippen LogP contribution in [0.3, 0.4) is 0 Å². The lowest BCUT2D eigenvalue weighted by Gasteiger charge is -2.07. The standard InChI is InChI=1S/C13H12ClNO4/c1-2-19-13(18)11-6-8-5-9(14)3-4-10(8)15(11)7-12(16)17/h3-6H,2,7H2,1H3,(H,16,17). The summed E-state index contributed by atoms with van der Waals surface area (Å²) in [7, 11) is 0. The Morgan fingerprint density at radius 2 is 2.11 bits per heavy atom. The predicted octanol–water partition coefficient (Wildman–Crippen LogP) is 2.56. The molecule has 2 aromatic rings. The number of halogens is 1. The Hall–Kier alpha value is -2.01. The molecule has 1 heterocycles. The normalized spacial score (nSPS) is 10.6. The van der Waals surface area contributed by atoms with Crippen molar-refractivity contribution in [1.82, 2.24) is 4.57 Å². The third-order valence-corrected chi connectivity index (χ3v) is 2.88. The molecule has 0 spiro atoms. The Bertz CT molecular complexity index is 647. The van der Waals surface area contributed by atoms with E-state index in [0.717, 1.165) is 0 Å². The number of aliphatic carboxylic acids is 1. The lowest BCUT2D eigenvalue weighted by atomic mass is 10.2. The second-order valence-electron chi connectivity index (χ2n) is 3.93. The first-order valence-electron chi connectivity index (χ1n) is 5.70. The van der Waals surface area contributed by atoms with Crippen LogP contribution >= 0.6 is 11.6 Å². The molecule has 100 valence electrons. The number of nitrogens with zero attached hydrogens (tertiary/aromatic N) is 1. The van der Waals surface area contributed by atoms with Crippen LogP contribution in [-0.4, -0.2) is 28.2 Å². The Morgan fingerprint density at radius 1 is 1.37 bits per heavy atom. The van der Waals surface area contributed by atoms with Crippen molar-refractivity contribution in [2.75, 3.05) is 6.61 Å². The summed E-state index contributed by atoms with van der Waals surface area (Å²) in [5, 5.41) is 10.2. The minimum Gasteiger partial charge on any atom is -0.480 e. The van der Waals surface area contributed by atoms with Crippen LogP contribution in [0.4, 0.5) is 0 Å². The Labute approximate surface area is 114 Å². The largest absolute Gasteiger partial charge is 0.480 e. The summed E-state index contributed by atoms with van der Waals surface area (Å²) in [6.07, 6.45) is 0. The Balaban J connectivity index is 2.60. The fourth-order valence-corrected chi connectivity index (χ4v) is 2.10. The van der Waals surface area contributed by atoms with Crippen molar-refractivity contribution in [3.05, 3.63) is 35.0 Å². The summed E-state index contributed by atoms with van der Waals surface area (Å²) in [6, 6.07) is 6.60. The van der Waals surface area contributed by atoms with E-state index >= 15 is 0 Å². The average Bonchev–Trinajstić information content (AvgIpc) is 2.67. The zero-order valence-corrected chi connectivity index (χ0v) is 11.0. The summed E-state index contributed by atoms with van der Waals surface area (Å²) < 4.78 is 6.33. The van der Waals surface area contributed by atoms with Crippen LogP contribution in [0.15, 0.2) is 24.3 Å². The third kappa shape index (κ3) is 2.71. The molecule has 6 heteroatoms. The van der Waals surface area contributed by atoms with E-state index in [-0.39, 0.29) is 18.8 Å². The second kappa shape index (κ2) is 5.32. The minimum atomic E-state index is -1.03. The molecule has 1 aromatic carbocycles. The average molecular weight is 282 g/mol. The van der Waals surface area contributed by atoms with Crippen LogP contribution in [0.1, 0.15) is 17.4 Å². The van der Waals surface area contributed by atoms with Crippen molar-refractivity contribution in [2.24, 2.45) is 0 Å². The van der Waals surface area contributed by atoms with E-state index in [9.17, 15) is 9.59 Å². The summed E-state index contributed by atoms with van der Waals surface area (Å²) in [5.41, 5.74) is 0.844. The molecule has 0 aliphatic carbocycles. The molecule has 0 amide bonds. The highest BCUT2D eigenvalue weighted by Gasteiger charge is 2.18. The maximum absolute atomic E-state index is 11.8. The molecule has 0 aliphatic heterocycles. The van der Waals surface area contributed by atoms with Crippen molar-refractivity contribution < 1.29 is 19.4 Å². The number of carboxylic acids is 1. The number of hydrogen-bond acceptors (Lipinski definition) is 3. The zero-order valence-electron chi connectivity index (χ0n) is 10.2. The lowest BCUT2D eigenvalue weighted by molar-refractivity contribution is -0.137. The van der Waals surface area contributed by atoms with Gasteiger partial charge in [-0.3, -0.25) is 4.79 Å². The van der Waals surface area contributed by atoms with E-state index in [2.05, 4.69) is 0 Å². The molecule has 0 unspecified atom stereocenters. The number of fused-ring (bicyclic) bond motifs is 1. The van der Waals surface area contributed by atoms with Gasteiger partial charge in [-0.05, 0) is 31.2 Å². The van der Waals surface area contributed by atoms with Gasteiger partial charge < -0.3 is 14.4 Å². The van der Waals surface area contributed by atoms with Gasteiger partial charge in [-0.25, -0.2) is 4.79 Å². The van der Waals surface area contributed by atoms with E-state index in [4.69, 9.17) is 21.4 Å². The van der Waals surface area contributed by atoms with Crippen molar-refractivity contribution in [1.29, 1.82) is 0 Å². The van der Waals surface area contributed by atoms with Crippen molar-refractivity contribution >= 4 is 34.4 Å². The van der Waals surface area contributed by atoms with Gasteiger partial charge in [0.25, 0.3) is 0 Å². The lowest BCUT2D eigenvalue weighted by Crippen LogP contribution is -2.16. The van der Waals surface area contributed by atoms with Crippen LogP contribution in [0.25, 0.3) is 10.9 Å². The van der Waals surface area contributed by atoms with Gasteiger partial charge in [-0.15, -0.1) is 0 Å². The van der Waals surface area contributed by atoms with Crippen LogP contribution < -0.4 is 0 Å². The molecule has 19 heavy (non-hydrogen) atoms. The summed E-state index contributed by atoms with van der Waals surface area (Å²) in [6.45, 7) is 1.62. The van der Waals surface area contributed by atoms with Crippen LogP contribution in [0, 0.1) is 0 Å². The highest BCUT2D eigenvalue weighted by molar-refractivity contribution is 6.31. The maximum Gasteiger partial charge on any atom is 0.354 e. The molecule has 1 N–H and O–H groups in total. The molecular formula is C13H12ClNO4. The quantitative estimate of drug-likeness (QED) is 0.875. The molecule has 2 rings (SSSR count). The molecule has 5 nitrogen and oxygen atoms in total. The number of ether oxygens (including phenoxy) is 1. The zero-order chi connectivity index (χ0) is 14.0. The molecule has 0 fully saturated rings. The van der Waals surface area contributed by atoms with Gasteiger partial charge in [0.05, 0.1) is 6.61 Å². The molecule has 0 radical (unpaired) electrons. The summed E-state index contributed by atoms with van der Waals surface area (Å²) in [4.78, 5) is 22.7. The number of benzene rings is 1. The number of carbonyl (C=O) groups excluding carboxylic acids is 1. The molecule has 0 aliphatic rings. The molecule has 0 atom stereocenters. The SMILES string of the molecule is CCOC(=O)c1cc2cc(Cl)ccc2n1CC(=O)O. The topological polar surface area (TPSA) is 68.5 Å². The van der Waals surface area contributed by atoms with E-state index in [1.54, 1.807) is 31.2 Å². The first-order valence-corrected chi connectivity index (χ1v) is 6.08. The molecule has 1 aromatic heterocycles. The predicted molar refractivity (Wildman–Crippen MR) is 70.5 cm³/mol. The van der Waals surface area contributed by atoms with Gasteiger partial charge in [-0.1, -0.05) is 11.6 Å². The van der Waals surface area contributed by atoms with Crippen LogP contribution in [0.2, 0.25) is 5.02 Å². The number of hydrogen-bond donors (Lipinski definition) is 1. The number of aromatic nitrogens is 1. The number of carboxylic acid groups (broad SMARTS) is 1. The number of esters is 1. The van der Waals surface area contributed by atoms with Crippen LogP contribution in [-0.2, 0) is 16.1 Å². The van der Waals surface area contributed by atoms with Gasteiger partial charge in [0.15, 0.2) is 0 Å². The third-order valence-electron chi connectivity index (χ3n) is 2.64. The van der Waals surface area contributed by atoms with E-state index < -0.39 is 11.9 Å². The summed E-state index contributed by atoms with van der Waals surface area (Å²) >= 11 is 5.88. The van der Waals surface area contributed by atoms with Gasteiger partial charge >= 0.3 is 11.9 Å².